The highest BCUT2D eigenvalue weighted by Crippen LogP contribution is 2.25. The molecule has 3 aromatic rings. The van der Waals surface area contributed by atoms with Gasteiger partial charge in [-0.15, -0.1) is 0 Å². The molecule has 0 aliphatic rings. The number of benzene rings is 2. The lowest BCUT2D eigenvalue weighted by Crippen LogP contribution is -2.11. The van der Waals surface area contributed by atoms with Gasteiger partial charge in [-0.3, -0.25) is 4.79 Å². The van der Waals surface area contributed by atoms with Gasteiger partial charge in [-0.25, -0.2) is 4.98 Å². The van der Waals surface area contributed by atoms with Crippen LogP contribution in [0.4, 0.5) is 5.69 Å². The van der Waals surface area contributed by atoms with Gasteiger partial charge in [-0.05, 0) is 50.1 Å². The van der Waals surface area contributed by atoms with E-state index in [1.54, 1.807) is 11.8 Å². The van der Waals surface area contributed by atoms with Crippen LogP contribution in [0.3, 0.4) is 0 Å². The summed E-state index contributed by atoms with van der Waals surface area (Å²) in [6, 6.07) is 17.3. The second kappa shape index (κ2) is 9.60. The molecule has 3 rings (SSSR count). The van der Waals surface area contributed by atoms with E-state index in [1.165, 1.54) is 17.7 Å². The predicted molar refractivity (Wildman–Crippen MR) is 117 cm³/mol. The highest BCUT2D eigenvalue weighted by atomic mass is 32.2. The zero-order valence-electron chi connectivity index (χ0n) is 16.7. The van der Waals surface area contributed by atoms with Gasteiger partial charge in [0.15, 0.2) is 5.16 Å². The summed E-state index contributed by atoms with van der Waals surface area (Å²) >= 11 is 1.75. The summed E-state index contributed by atoms with van der Waals surface area (Å²) in [5, 5.41) is 3.99. The minimum absolute atomic E-state index is 0.0910. The summed E-state index contributed by atoms with van der Waals surface area (Å²) < 4.78 is 2.32. The minimum Gasteiger partial charge on any atom is -0.323 e. The van der Waals surface area contributed by atoms with Gasteiger partial charge in [0.25, 0.3) is 5.91 Å². The number of carbonyl (C=O) groups excluding carboxylic acids is 1. The fourth-order valence-electron chi connectivity index (χ4n) is 2.94. The lowest BCUT2D eigenvalue weighted by Gasteiger charge is -2.09. The zero-order valence-corrected chi connectivity index (χ0v) is 17.6. The lowest BCUT2D eigenvalue weighted by atomic mass is 10.1. The normalized spacial score (nSPS) is 10.8. The molecule has 0 fully saturated rings. The Bertz CT molecular complexity index is 917. The smallest absolute Gasteiger partial charge is 0.255 e. The summed E-state index contributed by atoms with van der Waals surface area (Å²) in [5.41, 5.74) is 5.00. The molecule has 5 heteroatoms. The third-order valence-corrected chi connectivity index (χ3v) is 5.82. The summed E-state index contributed by atoms with van der Waals surface area (Å²) in [6.45, 7) is 7.44. The van der Waals surface area contributed by atoms with E-state index < -0.39 is 0 Å². The quantitative estimate of drug-likeness (QED) is 0.489. The van der Waals surface area contributed by atoms with Gasteiger partial charge in [-0.1, -0.05) is 55.4 Å². The maximum absolute atomic E-state index is 12.4. The molecule has 0 saturated heterocycles. The standard InChI is InChI=1S/C23H27N3OS/c1-4-5-15-26-18(3)17(2)24-23(26)28-16-19-11-13-20(14-12-19)22(27)25-21-9-7-6-8-10-21/h6-14H,4-5,15-16H2,1-3H3,(H,25,27). The molecule has 0 atom stereocenters. The van der Waals surface area contributed by atoms with Crippen molar-refractivity contribution in [2.24, 2.45) is 0 Å². The molecule has 0 radical (unpaired) electrons. The van der Waals surface area contributed by atoms with E-state index in [1.807, 2.05) is 54.6 Å². The molecule has 1 heterocycles. The van der Waals surface area contributed by atoms with Crippen LogP contribution in [0.2, 0.25) is 0 Å². The molecule has 0 spiro atoms. The van der Waals surface area contributed by atoms with Crippen LogP contribution in [0, 0.1) is 13.8 Å². The van der Waals surface area contributed by atoms with Gasteiger partial charge in [0.1, 0.15) is 0 Å². The summed E-state index contributed by atoms with van der Waals surface area (Å²) in [4.78, 5) is 17.1. The molecule has 28 heavy (non-hydrogen) atoms. The number of thioether (sulfide) groups is 1. The Hall–Kier alpha value is -2.53. The van der Waals surface area contributed by atoms with Crippen molar-refractivity contribution in [1.82, 2.24) is 9.55 Å². The SMILES string of the molecule is CCCCn1c(SCc2ccc(C(=O)Nc3ccccc3)cc2)nc(C)c1C. The number of unbranched alkanes of at least 4 members (excludes halogenated alkanes) is 1. The first kappa shape index (κ1) is 20.2. The number of amides is 1. The average molecular weight is 394 g/mol. The first-order chi connectivity index (χ1) is 13.6. The van der Waals surface area contributed by atoms with E-state index >= 15 is 0 Å². The molecular formula is C23H27N3OS. The molecule has 0 unspecified atom stereocenters. The van der Waals surface area contributed by atoms with E-state index in [0.29, 0.717) is 5.56 Å². The van der Waals surface area contributed by atoms with E-state index in [-0.39, 0.29) is 5.91 Å². The van der Waals surface area contributed by atoms with Crippen molar-refractivity contribution < 1.29 is 4.79 Å². The fraction of sp³-hybridized carbons (Fsp3) is 0.304. The highest BCUT2D eigenvalue weighted by molar-refractivity contribution is 7.98. The van der Waals surface area contributed by atoms with Gasteiger partial charge in [0.05, 0.1) is 5.69 Å². The number of anilines is 1. The fourth-order valence-corrected chi connectivity index (χ4v) is 4.01. The Balaban J connectivity index is 1.62. The van der Waals surface area contributed by atoms with Crippen molar-refractivity contribution in [1.29, 1.82) is 0 Å². The van der Waals surface area contributed by atoms with Gasteiger partial charge in [0.2, 0.25) is 0 Å². The largest absolute Gasteiger partial charge is 0.323 e. The number of para-hydroxylation sites is 1. The molecule has 1 N–H and O–H groups in total. The monoisotopic (exact) mass is 393 g/mol. The first-order valence-corrected chi connectivity index (χ1v) is 10.7. The Morgan fingerprint density at radius 3 is 2.46 bits per heavy atom. The first-order valence-electron chi connectivity index (χ1n) is 9.70. The highest BCUT2D eigenvalue weighted by Gasteiger charge is 2.12. The van der Waals surface area contributed by atoms with Crippen molar-refractivity contribution in [3.8, 4) is 0 Å². The lowest BCUT2D eigenvalue weighted by molar-refractivity contribution is 0.102. The number of aromatic nitrogens is 2. The predicted octanol–water partition coefficient (Wildman–Crippen LogP) is 5.84. The number of hydrogen-bond acceptors (Lipinski definition) is 3. The summed E-state index contributed by atoms with van der Waals surface area (Å²) in [6.07, 6.45) is 2.34. The Labute approximate surface area is 171 Å². The topological polar surface area (TPSA) is 46.9 Å². The van der Waals surface area contributed by atoms with Crippen LogP contribution in [-0.2, 0) is 12.3 Å². The van der Waals surface area contributed by atoms with Gasteiger partial charge in [-0.2, -0.15) is 0 Å². The third kappa shape index (κ3) is 5.04. The van der Waals surface area contributed by atoms with E-state index in [9.17, 15) is 4.79 Å². The number of imidazole rings is 1. The number of carbonyl (C=O) groups is 1. The second-order valence-corrected chi connectivity index (χ2v) is 7.82. The second-order valence-electron chi connectivity index (χ2n) is 6.88. The van der Waals surface area contributed by atoms with Crippen LogP contribution < -0.4 is 5.32 Å². The molecular weight excluding hydrogens is 366 g/mol. The number of nitrogens with zero attached hydrogens (tertiary/aromatic N) is 2. The Morgan fingerprint density at radius 1 is 1.07 bits per heavy atom. The van der Waals surface area contributed by atoms with E-state index in [0.717, 1.165) is 35.3 Å². The van der Waals surface area contributed by atoms with Gasteiger partial charge >= 0.3 is 0 Å². The number of rotatable bonds is 8. The molecule has 1 amide bonds. The molecule has 146 valence electrons. The van der Waals surface area contributed by atoms with E-state index in [4.69, 9.17) is 4.98 Å². The van der Waals surface area contributed by atoms with Crippen LogP contribution >= 0.6 is 11.8 Å². The third-order valence-electron chi connectivity index (χ3n) is 4.77. The van der Waals surface area contributed by atoms with Crippen LogP contribution in [0.15, 0.2) is 59.8 Å². The zero-order chi connectivity index (χ0) is 19.9. The van der Waals surface area contributed by atoms with Gasteiger partial charge < -0.3 is 9.88 Å². The Kier molecular flexibility index (Phi) is 6.93. The molecule has 2 aromatic carbocycles. The Morgan fingerprint density at radius 2 is 1.79 bits per heavy atom. The minimum atomic E-state index is -0.0910. The van der Waals surface area contributed by atoms with Gasteiger partial charge in [0, 0.05) is 29.2 Å². The van der Waals surface area contributed by atoms with Crippen LogP contribution in [0.5, 0.6) is 0 Å². The van der Waals surface area contributed by atoms with Crippen molar-refractivity contribution in [3.05, 3.63) is 77.1 Å². The van der Waals surface area contributed by atoms with Crippen molar-refractivity contribution in [2.75, 3.05) is 5.32 Å². The molecule has 0 aliphatic heterocycles. The van der Waals surface area contributed by atoms with Crippen LogP contribution in [0.25, 0.3) is 0 Å². The number of aryl methyl sites for hydroxylation is 1. The molecule has 1 aromatic heterocycles. The maximum atomic E-state index is 12.4. The molecule has 0 aliphatic carbocycles. The van der Waals surface area contributed by atoms with Crippen molar-refractivity contribution >= 4 is 23.4 Å². The number of hydrogen-bond donors (Lipinski definition) is 1. The molecule has 0 saturated carbocycles. The maximum Gasteiger partial charge on any atom is 0.255 e. The van der Waals surface area contributed by atoms with Crippen LogP contribution in [-0.4, -0.2) is 15.5 Å². The van der Waals surface area contributed by atoms with E-state index in [2.05, 4.69) is 30.7 Å². The number of nitrogens with one attached hydrogen (secondary N) is 1. The average Bonchev–Trinajstić information content (AvgIpc) is 2.99. The summed E-state index contributed by atoms with van der Waals surface area (Å²) in [7, 11) is 0. The van der Waals surface area contributed by atoms with Crippen molar-refractivity contribution in [3.63, 3.8) is 0 Å². The van der Waals surface area contributed by atoms with Crippen LogP contribution in [0.1, 0.15) is 47.1 Å². The summed E-state index contributed by atoms with van der Waals surface area (Å²) in [5.74, 6) is 0.745. The molecule has 4 nitrogen and oxygen atoms in total. The van der Waals surface area contributed by atoms with Crippen molar-refractivity contribution in [2.45, 2.75) is 51.1 Å². The molecule has 0 bridgehead atoms.